The van der Waals surface area contributed by atoms with E-state index in [4.69, 9.17) is 4.74 Å². The maximum atomic E-state index is 13.4. The first-order valence-corrected chi connectivity index (χ1v) is 14.3. The molecule has 1 aliphatic heterocycles. The number of amides is 1. The first-order valence-electron chi connectivity index (χ1n) is 12.1. The van der Waals surface area contributed by atoms with E-state index >= 15 is 0 Å². The fraction of sp³-hybridized carbons (Fsp3) is 0.296. The number of benzene rings is 3. The van der Waals surface area contributed by atoms with Gasteiger partial charge in [-0.05, 0) is 62.2 Å². The van der Waals surface area contributed by atoms with Gasteiger partial charge >= 0.3 is 6.36 Å². The lowest BCUT2D eigenvalue weighted by molar-refractivity contribution is -0.275. The molecule has 1 amide bonds. The lowest BCUT2D eigenvalue weighted by Gasteiger charge is -2.42. The molecule has 0 saturated heterocycles. The van der Waals surface area contributed by atoms with Crippen LogP contribution in [0.4, 0.5) is 13.2 Å². The first-order chi connectivity index (χ1) is 18.7. The Labute approximate surface area is 237 Å². The van der Waals surface area contributed by atoms with Crippen LogP contribution < -0.4 is 19.5 Å². The number of ether oxygens (including phenoxy) is 2. The van der Waals surface area contributed by atoms with Gasteiger partial charge in [-0.3, -0.25) is 4.79 Å². The van der Waals surface area contributed by atoms with Crippen molar-refractivity contribution in [2.75, 3.05) is 6.54 Å². The summed E-state index contributed by atoms with van der Waals surface area (Å²) in [6.45, 7) is 3.40. The number of aliphatic hydroxyl groups is 1. The number of rotatable bonds is 8. The van der Waals surface area contributed by atoms with Gasteiger partial charge in [0.2, 0.25) is 10.0 Å². The monoisotopic (exact) mass is 642 g/mol. The van der Waals surface area contributed by atoms with Crippen LogP contribution in [0, 0.1) is 0 Å². The largest absolute Gasteiger partial charge is 0.573 e. The molecule has 0 bridgehead atoms. The van der Waals surface area contributed by atoms with Gasteiger partial charge in [-0.25, -0.2) is 13.1 Å². The number of alkyl halides is 3. The molecule has 3 aromatic carbocycles. The molecule has 0 saturated carbocycles. The fourth-order valence-electron chi connectivity index (χ4n) is 4.27. The SMILES string of the molecule is CC1(C)Oc2ccc(C(=O)NCCc3ccccc3)cc2[C@@H](NS(=O)(=O)c2ccc(Br)cc2OC(F)(F)F)[C@@H]1O. The highest BCUT2D eigenvalue weighted by molar-refractivity contribution is 9.10. The Morgan fingerprint density at radius 2 is 1.80 bits per heavy atom. The van der Waals surface area contributed by atoms with Gasteiger partial charge in [0, 0.05) is 22.1 Å². The van der Waals surface area contributed by atoms with Gasteiger partial charge in [-0.1, -0.05) is 46.3 Å². The van der Waals surface area contributed by atoms with Gasteiger partial charge in [-0.15, -0.1) is 13.2 Å². The molecule has 40 heavy (non-hydrogen) atoms. The van der Waals surface area contributed by atoms with Gasteiger partial charge in [0.05, 0.1) is 6.04 Å². The number of sulfonamides is 1. The van der Waals surface area contributed by atoms with Crippen molar-refractivity contribution in [1.82, 2.24) is 10.0 Å². The molecule has 0 aliphatic carbocycles. The first kappa shape index (κ1) is 29.8. The van der Waals surface area contributed by atoms with Crippen LogP contribution in [0.15, 0.2) is 76.1 Å². The Hall–Kier alpha value is -3.13. The standard InChI is InChI=1S/C27H26BrF3N2O6S/c1-26(2)24(34)23(33-40(36,37)22-11-9-18(28)15-21(22)39-27(29,30)31)19-14-17(8-10-20(19)38-26)25(35)32-13-12-16-6-4-3-5-7-16/h3-11,14-15,23-24,33-34H,12-13H2,1-2H3,(H,32,35)/t23-,24+/m1/s1. The van der Waals surface area contributed by atoms with Crippen LogP contribution in [0.5, 0.6) is 11.5 Å². The van der Waals surface area contributed by atoms with Crippen LogP contribution in [-0.2, 0) is 16.4 Å². The molecule has 0 unspecified atom stereocenters. The highest BCUT2D eigenvalue weighted by atomic mass is 79.9. The zero-order chi connectivity index (χ0) is 29.3. The average molecular weight is 643 g/mol. The number of carbonyl (C=O) groups is 1. The fourth-order valence-corrected chi connectivity index (χ4v) is 5.94. The maximum Gasteiger partial charge on any atom is 0.573 e. The molecule has 2 atom stereocenters. The van der Waals surface area contributed by atoms with Crippen molar-refractivity contribution in [3.8, 4) is 11.5 Å². The van der Waals surface area contributed by atoms with E-state index in [9.17, 15) is 31.5 Å². The van der Waals surface area contributed by atoms with Crippen molar-refractivity contribution >= 4 is 31.9 Å². The smallest absolute Gasteiger partial charge is 0.485 e. The number of aliphatic hydroxyl groups excluding tert-OH is 1. The summed E-state index contributed by atoms with van der Waals surface area (Å²) < 4.78 is 78.1. The van der Waals surface area contributed by atoms with Crippen molar-refractivity contribution in [1.29, 1.82) is 0 Å². The molecular formula is C27H26BrF3N2O6S. The Bertz CT molecular complexity index is 1500. The summed E-state index contributed by atoms with van der Waals surface area (Å²) in [5.74, 6) is -1.19. The molecule has 214 valence electrons. The Balaban J connectivity index is 1.63. The second-order valence-corrected chi connectivity index (χ2v) is 12.2. The second-order valence-electron chi connectivity index (χ2n) is 9.63. The third-order valence-corrected chi connectivity index (χ3v) is 8.23. The number of nitrogens with one attached hydrogen (secondary N) is 2. The molecule has 0 aromatic heterocycles. The van der Waals surface area contributed by atoms with Gasteiger partial charge < -0.3 is 19.9 Å². The van der Waals surface area contributed by atoms with Crippen LogP contribution in [0.25, 0.3) is 0 Å². The lowest BCUT2D eigenvalue weighted by atomic mass is 9.86. The third-order valence-electron chi connectivity index (χ3n) is 6.25. The van der Waals surface area contributed by atoms with E-state index in [0.29, 0.717) is 13.0 Å². The summed E-state index contributed by atoms with van der Waals surface area (Å²) >= 11 is 3.01. The minimum absolute atomic E-state index is 0.140. The highest BCUT2D eigenvalue weighted by Gasteiger charge is 2.45. The van der Waals surface area contributed by atoms with Gasteiger partial charge in [0.1, 0.15) is 22.4 Å². The lowest BCUT2D eigenvalue weighted by Crippen LogP contribution is -2.53. The molecule has 4 rings (SSSR count). The zero-order valence-electron chi connectivity index (χ0n) is 21.3. The topological polar surface area (TPSA) is 114 Å². The van der Waals surface area contributed by atoms with E-state index in [1.807, 2.05) is 30.3 Å². The molecule has 3 aromatic rings. The summed E-state index contributed by atoms with van der Waals surface area (Å²) in [7, 11) is -4.70. The van der Waals surface area contributed by atoms with Crippen LogP contribution in [0.2, 0.25) is 0 Å². The molecule has 0 radical (unpaired) electrons. The van der Waals surface area contributed by atoms with Gasteiger partial charge in [0.15, 0.2) is 5.75 Å². The predicted octanol–water partition coefficient (Wildman–Crippen LogP) is 4.87. The Morgan fingerprint density at radius 1 is 1.10 bits per heavy atom. The van der Waals surface area contributed by atoms with Crippen LogP contribution >= 0.6 is 15.9 Å². The van der Waals surface area contributed by atoms with E-state index in [1.165, 1.54) is 38.1 Å². The summed E-state index contributed by atoms with van der Waals surface area (Å²) in [5, 5.41) is 13.9. The Morgan fingerprint density at radius 3 is 2.48 bits per heavy atom. The van der Waals surface area contributed by atoms with E-state index in [1.54, 1.807) is 0 Å². The summed E-state index contributed by atoms with van der Waals surface area (Å²) in [6.07, 6.45) is -6.04. The predicted molar refractivity (Wildman–Crippen MR) is 144 cm³/mol. The number of fused-ring (bicyclic) bond motifs is 1. The summed E-state index contributed by atoms with van der Waals surface area (Å²) in [4.78, 5) is 12.1. The zero-order valence-corrected chi connectivity index (χ0v) is 23.7. The highest BCUT2D eigenvalue weighted by Crippen LogP contribution is 2.42. The van der Waals surface area contributed by atoms with Crippen molar-refractivity contribution in [2.45, 2.75) is 49.3 Å². The quantitative estimate of drug-likeness (QED) is 0.323. The second kappa shape index (κ2) is 11.4. The molecule has 1 heterocycles. The van der Waals surface area contributed by atoms with Crippen LogP contribution in [-0.4, -0.2) is 44.0 Å². The minimum Gasteiger partial charge on any atom is -0.485 e. The normalized spacial score (nSPS) is 18.4. The Kier molecular flexibility index (Phi) is 8.50. The summed E-state index contributed by atoms with van der Waals surface area (Å²) in [5.41, 5.74) is 0.0611. The molecule has 1 aliphatic rings. The maximum absolute atomic E-state index is 13.4. The van der Waals surface area contributed by atoms with Crippen molar-refractivity contribution in [3.05, 3.63) is 87.9 Å². The molecule has 8 nitrogen and oxygen atoms in total. The molecule has 13 heteroatoms. The van der Waals surface area contributed by atoms with Crippen LogP contribution in [0.3, 0.4) is 0 Å². The van der Waals surface area contributed by atoms with Gasteiger partial charge in [0.25, 0.3) is 5.91 Å². The number of hydrogen-bond acceptors (Lipinski definition) is 6. The molecule has 3 N–H and O–H groups in total. The van der Waals surface area contributed by atoms with E-state index in [2.05, 4.69) is 30.7 Å². The van der Waals surface area contributed by atoms with Gasteiger partial charge in [-0.2, -0.15) is 0 Å². The average Bonchev–Trinajstić information content (AvgIpc) is 2.86. The molecule has 0 spiro atoms. The van der Waals surface area contributed by atoms with Crippen molar-refractivity contribution in [3.63, 3.8) is 0 Å². The number of halogens is 4. The minimum atomic E-state index is -5.15. The van der Waals surface area contributed by atoms with E-state index in [-0.39, 0.29) is 21.3 Å². The van der Waals surface area contributed by atoms with Crippen LogP contribution in [0.1, 0.15) is 41.4 Å². The van der Waals surface area contributed by atoms with Crippen molar-refractivity contribution in [2.24, 2.45) is 0 Å². The third kappa shape index (κ3) is 6.95. The van der Waals surface area contributed by atoms with E-state index in [0.717, 1.165) is 17.7 Å². The summed E-state index contributed by atoms with van der Waals surface area (Å²) in [6, 6.07) is 15.6. The van der Waals surface area contributed by atoms with E-state index < -0.39 is 50.7 Å². The number of carbonyl (C=O) groups excluding carboxylic acids is 1. The molecule has 0 fully saturated rings. The van der Waals surface area contributed by atoms with Crippen molar-refractivity contribution < 1.29 is 41.0 Å². The molecular weight excluding hydrogens is 617 g/mol. The number of hydrogen-bond donors (Lipinski definition) is 3.